The molecular formula is C12H28IN3OS. The normalized spacial score (nSPS) is 10.9. The van der Waals surface area contributed by atoms with Crippen molar-refractivity contribution in [2.24, 2.45) is 4.99 Å². The van der Waals surface area contributed by atoms with Crippen molar-refractivity contribution in [3.8, 4) is 0 Å². The highest BCUT2D eigenvalue weighted by Gasteiger charge is 1.95. The van der Waals surface area contributed by atoms with E-state index < -0.39 is 0 Å². The third-order valence-corrected chi connectivity index (χ3v) is 2.70. The molecule has 0 aliphatic rings. The van der Waals surface area contributed by atoms with E-state index in [4.69, 9.17) is 4.74 Å². The van der Waals surface area contributed by atoms with Crippen LogP contribution in [0.25, 0.3) is 0 Å². The average Bonchev–Trinajstić information content (AvgIpc) is 2.34. The molecule has 18 heavy (non-hydrogen) atoms. The Morgan fingerprint density at radius 1 is 1.22 bits per heavy atom. The molecule has 6 heteroatoms. The van der Waals surface area contributed by atoms with Gasteiger partial charge in [0.2, 0.25) is 0 Å². The summed E-state index contributed by atoms with van der Waals surface area (Å²) in [4.78, 5) is 4.44. The molecule has 0 saturated heterocycles. The van der Waals surface area contributed by atoms with Crippen LogP contribution in [-0.2, 0) is 4.74 Å². The van der Waals surface area contributed by atoms with Crippen LogP contribution in [0.15, 0.2) is 4.99 Å². The Bertz CT molecular complexity index is 194. The number of aliphatic imine (C=N–C) groups is 1. The fourth-order valence-corrected chi connectivity index (χ4v) is 1.49. The lowest BCUT2D eigenvalue weighted by Crippen LogP contribution is -2.38. The van der Waals surface area contributed by atoms with E-state index in [1.807, 2.05) is 11.8 Å². The molecule has 0 aromatic heterocycles. The number of nitrogens with one attached hydrogen (secondary N) is 2. The molecule has 0 bridgehead atoms. The van der Waals surface area contributed by atoms with Crippen LogP contribution >= 0.6 is 35.7 Å². The van der Waals surface area contributed by atoms with Gasteiger partial charge in [-0.25, -0.2) is 0 Å². The zero-order valence-corrected chi connectivity index (χ0v) is 15.0. The number of hydrogen-bond donors (Lipinski definition) is 2. The Morgan fingerprint density at radius 2 is 2.00 bits per heavy atom. The van der Waals surface area contributed by atoms with E-state index in [1.165, 1.54) is 6.42 Å². The minimum absolute atomic E-state index is 0. The Kier molecular flexibility index (Phi) is 19.8. The molecule has 110 valence electrons. The molecule has 0 aromatic rings. The van der Waals surface area contributed by atoms with Gasteiger partial charge in [0, 0.05) is 25.4 Å². The summed E-state index contributed by atoms with van der Waals surface area (Å²) in [7, 11) is 0. The molecule has 0 heterocycles. The minimum atomic E-state index is 0. The van der Waals surface area contributed by atoms with Gasteiger partial charge in [0.25, 0.3) is 0 Å². The Morgan fingerprint density at radius 3 is 2.61 bits per heavy atom. The van der Waals surface area contributed by atoms with Gasteiger partial charge in [-0.1, -0.05) is 13.3 Å². The van der Waals surface area contributed by atoms with Gasteiger partial charge in [-0.15, -0.1) is 24.0 Å². The molecule has 0 aromatic carbocycles. The molecule has 0 fully saturated rings. The van der Waals surface area contributed by atoms with Crippen molar-refractivity contribution in [3.63, 3.8) is 0 Å². The van der Waals surface area contributed by atoms with E-state index in [0.29, 0.717) is 6.61 Å². The summed E-state index contributed by atoms with van der Waals surface area (Å²) in [6.45, 7) is 8.36. The van der Waals surface area contributed by atoms with Crippen molar-refractivity contribution >= 4 is 41.7 Å². The second kappa shape index (κ2) is 17.3. The Balaban J connectivity index is 0. The highest BCUT2D eigenvalue weighted by atomic mass is 127. The van der Waals surface area contributed by atoms with Crippen LogP contribution in [0.1, 0.15) is 26.7 Å². The van der Waals surface area contributed by atoms with Gasteiger partial charge < -0.3 is 15.4 Å². The molecule has 0 spiro atoms. The second-order valence-corrected chi connectivity index (χ2v) is 4.63. The molecule has 0 saturated carbocycles. The zero-order valence-electron chi connectivity index (χ0n) is 11.8. The van der Waals surface area contributed by atoms with E-state index in [-0.39, 0.29) is 24.0 Å². The lowest BCUT2D eigenvalue weighted by molar-refractivity contribution is 0.139. The maximum atomic E-state index is 5.46. The molecule has 0 atom stereocenters. The van der Waals surface area contributed by atoms with E-state index >= 15 is 0 Å². The van der Waals surface area contributed by atoms with Crippen molar-refractivity contribution in [2.45, 2.75) is 26.7 Å². The molecule has 0 unspecified atom stereocenters. The summed E-state index contributed by atoms with van der Waals surface area (Å²) in [5.74, 6) is 1.98. The van der Waals surface area contributed by atoms with E-state index in [0.717, 1.165) is 44.4 Å². The number of nitrogens with zero attached hydrogens (tertiary/aromatic N) is 1. The third-order valence-electron chi connectivity index (χ3n) is 2.09. The van der Waals surface area contributed by atoms with Crippen molar-refractivity contribution < 1.29 is 4.74 Å². The summed E-state index contributed by atoms with van der Waals surface area (Å²) in [6, 6.07) is 0. The summed E-state index contributed by atoms with van der Waals surface area (Å²) in [6.07, 6.45) is 4.42. The SMILES string of the molecule is CCCCOCCN=C(NCC)NCCSC.I. The molecule has 0 aliphatic heterocycles. The first kappa shape index (κ1) is 20.6. The maximum Gasteiger partial charge on any atom is 0.191 e. The van der Waals surface area contributed by atoms with Crippen molar-refractivity contribution in [1.29, 1.82) is 0 Å². The van der Waals surface area contributed by atoms with Crippen LogP contribution in [0, 0.1) is 0 Å². The predicted molar refractivity (Wildman–Crippen MR) is 93.5 cm³/mol. The third kappa shape index (κ3) is 14.4. The molecule has 0 amide bonds. The number of halogens is 1. The smallest absolute Gasteiger partial charge is 0.191 e. The minimum Gasteiger partial charge on any atom is -0.380 e. The number of thioether (sulfide) groups is 1. The standard InChI is InChI=1S/C12H27N3OS.HI/c1-4-6-9-16-10-7-14-12(13-5-2)15-8-11-17-3;/h4-11H2,1-3H3,(H2,13,14,15);1H. The molecular weight excluding hydrogens is 361 g/mol. The van der Waals surface area contributed by atoms with Gasteiger partial charge in [0.15, 0.2) is 5.96 Å². The molecule has 4 nitrogen and oxygen atoms in total. The second-order valence-electron chi connectivity index (χ2n) is 3.65. The molecule has 0 radical (unpaired) electrons. The first-order valence-electron chi connectivity index (χ1n) is 6.44. The van der Waals surface area contributed by atoms with Gasteiger partial charge in [0.05, 0.1) is 13.2 Å². The topological polar surface area (TPSA) is 45.6 Å². The van der Waals surface area contributed by atoms with Gasteiger partial charge in [-0.3, -0.25) is 4.99 Å². The quantitative estimate of drug-likeness (QED) is 0.261. The van der Waals surface area contributed by atoms with Crippen LogP contribution < -0.4 is 10.6 Å². The summed E-state index contributed by atoms with van der Waals surface area (Å²) in [5, 5.41) is 6.50. The van der Waals surface area contributed by atoms with E-state index in [9.17, 15) is 0 Å². The van der Waals surface area contributed by atoms with Crippen LogP contribution in [0.2, 0.25) is 0 Å². The predicted octanol–water partition coefficient (Wildman–Crippen LogP) is 2.34. The fourth-order valence-electron chi connectivity index (χ4n) is 1.18. The Labute approximate surface area is 133 Å². The monoisotopic (exact) mass is 389 g/mol. The molecule has 2 N–H and O–H groups in total. The average molecular weight is 389 g/mol. The fraction of sp³-hybridized carbons (Fsp3) is 0.917. The van der Waals surface area contributed by atoms with Crippen LogP contribution in [0.4, 0.5) is 0 Å². The number of rotatable bonds is 10. The van der Waals surface area contributed by atoms with Gasteiger partial charge in [-0.05, 0) is 19.6 Å². The van der Waals surface area contributed by atoms with Crippen LogP contribution in [0.5, 0.6) is 0 Å². The Hall–Kier alpha value is 0.310. The largest absolute Gasteiger partial charge is 0.380 e. The van der Waals surface area contributed by atoms with Crippen LogP contribution in [0.3, 0.4) is 0 Å². The highest BCUT2D eigenvalue weighted by Crippen LogP contribution is 1.88. The summed E-state index contributed by atoms with van der Waals surface area (Å²) in [5.41, 5.74) is 0. The molecule has 0 rings (SSSR count). The first-order chi connectivity index (χ1) is 8.35. The lowest BCUT2D eigenvalue weighted by atomic mass is 10.4. The number of unbranched alkanes of at least 4 members (excludes halogenated alkanes) is 1. The lowest BCUT2D eigenvalue weighted by Gasteiger charge is -2.10. The van der Waals surface area contributed by atoms with Gasteiger partial charge >= 0.3 is 0 Å². The summed E-state index contributed by atoms with van der Waals surface area (Å²) >= 11 is 1.83. The van der Waals surface area contributed by atoms with E-state index in [2.05, 4.69) is 35.7 Å². The van der Waals surface area contributed by atoms with E-state index in [1.54, 1.807) is 0 Å². The number of guanidine groups is 1. The first-order valence-corrected chi connectivity index (χ1v) is 7.83. The van der Waals surface area contributed by atoms with Gasteiger partial charge in [-0.2, -0.15) is 11.8 Å². The molecule has 0 aliphatic carbocycles. The maximum absolute atomic E-state index is 5.46. The number of ether oxygens (including phenoxy) is 1. The van der Waals surface area contributed by atoms with Crippen molar-refractivity contribution in [3.05, 3.63) is 0 Å². The van der Waals surface area contributed by atoms with Crippen molar-refractivity contribution in [1.82, 2.24) is 10.6 Å². The highest BCUT2D eigenvalue weighted by molar-refractivity contribution is 14.0. The number of hydrogen-bond acceptors (Lipinski definition) is 3. The zero-order chi connectivity index (χ0) is 12.8. The van der Waals surface area contributed by atoms with Crippen LogP contribution in [-0.4, -0.2) is 50.8 Å². The van der Waals surface area contributed by atoms with Gasteiger partial charge in [0.1, 0.15) is 0 Å². The van der Waals surface area contributed by atoms with Crippen molar-refractivity contribution in [2.75, 3.05) is 44.9 Å². The summed E-state index contributed by atoms with van der Waals surface area (Å²) < 4.78 is 5.46.